The number of nitrogens with one attached hydrogen (secondary N) is 2. The molecule has 3 heterocycles. The number of carboxylic acids is 1. The number of aromatic amines is 2. The number of fused-ring (bicyclic) bond motifs is 4. The van der Waals surface area contributed by atoms with Crippen molar-refractivity contribution in [2.45, 2.75) is 26.4 Å². The minimum Gasteiger partial charge on any atom is -0.478 e. The molecular weight excluding hydrogens is 422 g/mol. The van der Waals surface area contributed by atoms with E-state index in [4.69, 9.17) is 4.74 Å². The molecule has 33 heavy (non-hydrogen) atoms. The number of ether oxygens (including phenoxy) is 1. The van der Waals surface area contributed by atoms with Crippen molar-refractivity contribution in [3.05, 3.63) is 70.8 Å². The number of aromatic carboxylic acids is 1. The van der Waals surface area contributed by atoms with Crippen LogP contribution in [0.1, 0.15) is 31.1 Å². The molecule has 5 aromatic rings. The van der Waals surface area contributed by atoms with Gasteiger partial charge in [-0.15, -0.1) is 0 Å². The van der Waals surface area contributed by atoms with Gasteiger partial charge in [0.1, 0.15) is 11.1 Å². The molecule has 3 aromatic heterocycles. The molecule has 8 nitrogen and oxygen atoms in total. The fourth-order valence-electron chi connectivity index (χ4n) is 4.07. The molecule has 166 valence electrons. The molecule has 0 aliphatic rings. The minimum atomic E-state index is -1.11. The summed E-state index contributed by atoms with van der Waals surface area (Å²) in [5.74, 6) is -1.11. The number of hydrogen-bond acceptors (Lipinski definition) is 4. The maximum absolute atomic E-state index is 12.5. The molecule has 8 heteroatoms. The summed E-state index contributed by atoms with van der Waals surface area (Å²) in [4.78, 5) is 42.1. The molecule has 0 amide bonds. The van der Waals surface area contributed by atoms with Gasteiger partial charge < -0.3 is 19.8 Å². The zero-order chi connectivity index (χ0) is 23.5. The highest BCUT2D eigenvalue weighted by atomic mass is 16.6. The quantitative estimate of drug-likeness (QED) is 0.350. The van der Waals surface area contributed by atoms with Crippen LogP contribution in [0.2, 0.25) is 0 Å². The molecule has 0 bridgehead atoms. The molecule has 0 atom stereocenters. The summed E-state index contributed by atoms with van der Waals surface area (Å²) < 4.78 is 6.94. The van der Waals surface area contributed by atoms with E-state index in [1.165, 1.54) is 10.8 Å². The van der Waals surface area contributed by atoms with Crippen molar-refractivity contribution in [1.29, 1.82) is 0 Å². The topological polar surface area (TPSA) is 117 Å². The van der Waals surface area contributed by atoms with Crippen LogP contribution in [0.4, 0.5) is 4.79 Å². The van der Waals surface area contributed by atoms with Crippen LogP contribution < -0.4 is 5.56 Å². The van der Waals surface area contributed by atoms with Gasteiger partial charge in [-0.05, 0) is 62.2 Å². The second kappa shape index (κ2) is 7.09. The number of rotatable bonds is 2. The Kier molecular flexibility index (Phi) is 4.42. The van der Waals surface area contributed by atoms with Crippen molar-refractivity contribution in [1.82, 2.24) is 14.5 Å². The molecule has 2 aromatic carbocycles. The van der Waals surface area contributed by atoms with E-state index < -0.39 is 17.7 Å². The fourth-order valence-corrected chi connectivity index (χ4v) is 4.07. The Balaban J connectivity index is 1.64. The lowest BCUT2D eigenvalue weighted by Crippen LogP contribution is -2.26. The van der Waals surface area contributed by atoms with Gasteiger partial charge in [0.25, 0.3) is 5.56 Å². The van der Waals surface area contributed by atoms with Crippen LogP contribution >= 0.6 is 0 Å². The van der Waals surface area contributed by atoms with Crippen molar-refractivity contribution in [3.8, 4) is 11.1 Å². The molecular formula is C25H21N3O5. The number of carbonyl (C=O) groups is 2. The van der Waals surface area contributed by atoms with Crippen LogP contribution in [0.3, 0.4) is 0 Å². The van der Waals surface area contributed by atoms with Gasteiger partial charge in [0.2, 0.25) is 0 Å². The maximum Gasteiger partial charge on any atom is 0.418 e. The van der Waals surface area contributed by atoms with E-state index in [0.717, 1.165) is 22.0 Å². The van der Waals surface area contributed by atoms with Crippen LogP contribution in [-0.2, 0) is 4.74 Å². The Hall–Kier alpha value is -4.33. The number of aromatic nitrogens is 3. The zero-order valence-electron chi connectivity index (χ0n) is 18.2. The molecule has 0 fully saturated rings. The molecule has 3 N–H and O–H groups in total. The molecule has 0 aliphatic heterocycles. The number of carbonyl (C=O) groups excluding carboxylic acids is 1. The molecule has 0 spiro atoms. The summed E-state index contributed by atoms with van der Waals surface area (Å²) in [7, 11) is 0. The first kappa shape index (κ1) is 20.6. The van der Waals surface area contributed by atoms with E-state index >= 15 is 0 Å². The Labute approximate surface area is 187 Å². The standard InChI is InChI=1S/C25H21N3O5/c1-25(2,3)33-24(32)28-9-8-15-10-13(5-7-19(15)28)14-4-6-18-16(11-14)20-17(23(30)31)12-26-21(20)22(29)27-18/h4-12,26H,1-3H3,(H,27,29)(H,30,31). The van der Waals surface area contributed by atoms with Crippen molar-refractivity contribution >= 4 is 44.8 Å². The van der Waals surface area contributed by atoms with E-state index in [1.54, 1.807) is 12.3 Å². The van der Waals surface area contributed by atoms with Gasteiger partial charge in [0.05, 0.1) is 11.1 Å². The van der Waals surface area contributed by atoms with Crippen molar-refractivity contribution < 1.29 is 19.4 Å². The Morgan fingerprint density at radius 2 is 1.76 bits per heavy atom. The van der Waals surface area contributed by atoms with Gasteiger partial charge >= 0.3 is 12.1 Å². The number of hydrogen-bond donors (Lipinski definition) is 3. The van der Waals surface area contributed by atoms with E-state index in [-0.39, 0.29) is 16.6 Å². The van der Waals surface area contributed by atoms with Crippen LogP contribution in [0, 0.1) is 0 Å². The number of carboxylic acid groups (broad SMARTS) is 1. The Morgan fingerprint density at radius 1 is 1.03 bits per heavy atom. The van der Waals surface area contributed by atoms with E-state index in [0.29, 0.717) is 16.3 Å². The van der Waals surface area contributed by atoms with Crippen LogP contribution in [0.5, 0.6) is 0 Å². The zero-order valence-corrected chi connectivity index (χ0v) is 18.2. The number of H-pyrrole nitrogens is 2. The average molecular weight is 443 g/mol. The highest BCUT2D eigenvalue weighted by Gasteiger charge is 2.20. The average Bonchev–Trinajstić information content (AvgIpc) is 3.37. The third kappa shape index (κ3) is 3.45. The number of benzene rings is 2. The molecule has 0 unspecified atom stereocenters. The van der Waals surface area contributed by atoms with Gasteiger partial charge in [-0.1, -0.05) is 12.1 Å². The van der Waals surface area contributed by atoms with Gasteiger partial charge in [-0.3, -0.25) is 9.36 Å². The van der Waals surface area contributed by atoms with Crippen LogP contribution in [0.15, 0.2) is 59.7 Å². The van der Waals surface area contributed by atoms with Crippen molar-refractivity contribution in [2.75, 3.05) is 0 Å². The Bertz CT molecular complexity index is 1650. The Morgan fingerprint density at radius 3 is 2.48 bits per heavy atom. The second-order valence-electron chi connectivity index (χ2n) is 8.91. The first-order valence-corrected chi connectivity index (χ1v) is 10.4. The first-order chi connectivity index (χ1) is 15.6. The summed E-state index contributed by atoms with van der Waals surface area (Å²) in [5, 5.41) is 11.4. The largest absolute Gasteiger partial charge is 0.478 e. The van der Waals surface area contributed by atoms with Gasteiger partial charge in [0, 0.05) is 34.1 Å². The second-order valence-corrected chi connectivity index (χ2v) is 8.91. The van der Waals surface area contributed by atoms with E-state index in [2.05, 4.69) is 9.97 Å². The predicted molar refractivity (Wildman–Crippen MR) is 126 cm³/mol. The molecule has 0 saturated carbocycles. The van der Waals surface area contributed by atoms with Crippen molar-refractivity contribution in [3.63, 3.8) is 0 Å². The first-order valence-electron chi connectivity index (χ1n) is 10.4. The summed E-state index contributed by atoms with van der Waals surface area (Å²) in [6.45, 7) is 5.46. The number of pyridine rings is 1. The van der Waals surface area contributed by atoms with Gasteiger partial charge in [-0.2, -0.15) is 0 Å². The number of nitrogens with zero attached hydrogens (tertiary/aromatic N) is 1. The minimum absolute atomic E-state index is 0.0446. The molecule has 5 rings (SSSR count). The summed E-state index contributed by atoms with van der Waals surface area (Å²) in [6.07, 6.45) is 2.56. The van der Waals surface area contributed by atoms with E-state index in [1.807, 2.05) is 57.2 Å². The summed E-state index contributed by atoms with van der Waals surface area (Å²) in [6, 6.07) is 13.0. The molecule has 0 aliphatic carbocycles. The van der Waals surface area contributed by atoms with Gasteiger partial charge in [0.15, 0.2) is 0 Å². The third-order valence-corrected chi connectivity index (χ3v) is 5.49. The highest BCUT2D eigenvalue weighted by Crippen LogP contribution is 2.31. The summed E-state index contributed by atoms with van der Waals surface area (Å²) in [5.41, 5.74) is 2.30. The van der Waals surface area contributed by atoms with Crippen LogP contribution in [-0.4, -0.2) is 37.3 Å². The monoisotopic (exact) mass is 443 g/mol. The predicted octanol–water partition coefficient (Wildman–Crippen LogP) is 5.11. The third-order valence-electron chi connectivity index (χ3n) is 5.49. The molecule has 0 saturated heterocycles. The fraction of sp³-hybridized carbons (Fsp3) is 0.160. The normalized spacial score (nSPS) is 12.0. The smallest absolute Gasteiger partial charge is 0.418 e. The lowest BCUT2D eigenvalue weighted by Gasteiger charge is -2.19. The van der Waals surface area contributed by atoms with Crippen molar-refractivity contribution in [2.24, 2.45) is 0 Å². The molecule has 0 radical (unpaired) electrons. The summed E-state index contributed by atoms with van der Waals surface area (Å²) >= 11 is 0. The maximum atomic E-state index is 12.5. The SMILES string of the molecule is CC(C)(C)OC(=O)n1ccc2cc(-c3ccc4[nH]c(=O)c5[nH]cc(C(=O)O)c5c4c3)ccc21. The van der Waals surface area contributed by atoms with Crippen LogP contribution in [0.25, 0.3) is 43.8 Å². The van der Waals surface area contributed by atoms with E-state index in [9.17, 15) is 19.5 Å². The highest BCUT2D eigenvalue weighted by molar-refractivity contribution is 6.15. The lowest BCUT2D eigenvalue weighted by atomic mass is 9.99. The van der Waals surface area contributed by atoms with Gasteiger partial charge in [-0.25, -0.2) is 9.59 Å². The lowest BCUT2D eigenvalue weighted by molar-refractivity contribution is 0.0543.